The van der Waals surface area contributed by atoms with Crippen LogP contribution in [0.2, 0.25) is 5.02 Å². The number of rotatable bonds is 6. The maximum Gasteiger partial charge on any atom is 0.203 e. The number of nitrogens with zero attached hydrogens (tertiary/aromatic N) is 1. The van der Waals surface area contributed by atoms with Crippen molar-refractivity contribution in [2.75, 3.05) is 47.5 Å². The molecule has 1 atom stereocenters. The van der Waals surface area contributed by atoms with Gasteiger partial charge in [0.05, 0.1) is 27.4 Å². The summed E-state index contributed by atoms with van der Waals surface area (Å²) in [6, 6.07) is 12.1. The fourth-order valence-corrected chi connectivity index (χ4v) is 3.69. The van der Waals surface area contributed by atoms with Crippen molar-refractivity contribution in [1.82, 2.24) is 10.2 Å². The van der Waals surface area contributed by atoms with Crippen molar-refractivity contribution >= 4 is 11.6 Å². The summed E-state index contributed by atoms with van der Waals surface area (Å²) in [5.41, 5.74) is 2.23. The summed E-state index contributed by atoms with van der Waals surface area (Å²) in [6.45, 7) is 3.82. The van der Waals surface area contributed by atoms with Gasteiger partial charge in [0.25, 0.3) is 0 Å². The van der Waals surface area contributed by atoms with Crippen molar-refractivity contribution in [2.45, 2.75) is 6.04 Å². The maximum atomic E-state index is 6.28. The normalized spacial score (nSPS) is 16.2. The van der Waals surface area contributed by atoms with E-state index in [1.807, 2.05) is 30.3 Å². The first-order valence-electron chi connectivity index (χ1n) is 8.68. The van der Waals surface area contributed by atoms with Gasteiger partial charge in [-0.05, 0) is 35.4 Å². The number of nitrogens with one attached hydrogen (secondary N) is 1. The third-order valence-electron chi connectivity index (χ3n) is 4.68. The summed E-state index contributed by atoms with van der Waals surface area (Å²) in [4.78, 5) is 2.45. The van der Waals surface area contributed by atoms with E-state index in [1.54, 1.807) is 21.3 Å². The van der Waals surface area contributed by atoms with Crippen LogP contribution in [-0.2, 0) is 0 Å². The van der Waals surface area contributed by atoms with Crippen LogP contribution in [0.15, 0.2) is 36.4 Å². The largest absolute Gasteiger partial charge is 0.493 e. The summed E-state index contributed by atoms with van der Waals surface area (Å²) >= 11 is 6.28. The van der Waals surface area contributed by atoms with Crippen LogP contribution in [0, 0.1) is 0 Å². The third kappa shape index (κ3) is 3.90. The maximum absolute atomic E-state index is 6.28. The van der Waals surface area contributed by atoms with E-state index in [9.17, 15) is 0 Å². The minimum Gasteiger partial charge on any atom is -0.493 e. The monoisotopic (exact) mass is 376 g/mol. The van der Waals surface area contributed by atoms with Crippen LogP contribution in [0.1, 0.15) is 17.2 Å². The predicted octanol–water partition coefficient (Wildman–Crippen LogP) is 3.36. The van der Waals surface area contributed by atoms with Gasteiger partial charge in [-0.2, -0.15) is 0 Å². The summed E-state index contributed by atoms with van der Waals surface area (Å²) in [5, 5.41) is 4.14. The van der Waals surface area contributed by atoms with E-state index in [-0.39, 0.29) is 6.04 Å². The van der Waals surface area contributed by atoms with Crippen LogP contribution in [-0.4, -0.2) is 52.4 Å². The van der Waals surface area contributed by atoms with E-state index in [0.29, 0.717) is 17.2 Å². The Morgan fingerprint density at radius 2 is 1.58 bits per heavy atom. The molecule has 0 amide bonds. The van der Waals surface area contributed by atoms with Gasteiger partial charge in [0.1, 0.15) is 0 Å². The molecular weight excluding hydrogens is 352 g/mol. The lowest BCUT2D eigenvalue weighted by Crippen LogP contribution is -2.45. The average Bonchev–Trinajstić information content (AvgIpc) is 2.68. The molecule has 0 radical (unpaired) electrons. The molecule has 140 valence electrons. The fourth-order valence-electron chi connectivity index (χ4n) is 3.49. The smallest absolute Gasteiger partial charge is 0.203 e. The lowest BCUT2D eigenvalue weighted by Gasteiger charge is -2.36. The van der Waals surface area contributed by atoms with Crippen molar-refractivity contribution in [3.63, 3.8) is 0 Å². The van der Waals surface area contributed by atoms with Crippen molar-refractivity contribution in [3.05, 3.63) is 52.5 Å². The van der Waals surface area contributed by atoms with Gasteiger partial charge in [-0.25, -0.2) is 0 Å². The van der Waals surface area contributed by atoms with Crippen LogP contribution >= 0.6 is 11.6 Å². The highest BCUT2D eigenvalue weighted by molar-refractivity contribution is 6.30. The lowest BCUT2D eigenvalue weighted by molar-refractivity contribution is 0.197. The molecular formula is C20H25ClN2O3. The highest BCUT2D eigenvalue weighted by Gasteiger charge is 2.26. The molecule has 2 aromatic rings. The fraction of sp³-hybridized carbons (Fsp3) is 0.400. The molecule has 0 aromatic heterocycles. The van der Waals surface area contributed by atoms with Crippen LogP contribution < -0.4 is 19.5 Å². The second-order valence-corrected chi connectivity index (χ2v) is 6.64. The average molecular weight is 377 g/mol. The molecule has 0 bridgehead atoms. The van der Waals surface area contributed by atoms with Gasteiger partial charge in [-0.3, -0.25) is 4.90 Å². The minimum absolute atomic E-state index is 0.0597. The van der Waals surface area contributed by atoms with Gasteiger partial charge in [0.2, 0.25) is 5.75 Å². The Hall–Kier alpha value is -1.95. The summed E-state index contributed by atoms with van der Waals surface area (Å²) < 4.78 is 16.6. The Morgan fingerprint density at radius 1 is 0.923 bits per heavy atom. The van der Waals surface area contributed by atoms with Crippen molar-refractivity contribution < 1.29 is 14.2 Å². The second-order valence-electron chi connectivity index (χ2n) is 6.20. The van der Waals surface area contributed by atoms with Crippen LogP contribution in [0.3, 0.4) is 0 Å². The molecule has 1 fully saturated rings. The standard InChI is InChI=1S/C20H25ClN2O3/c1-24-17-12-15(13-18(25-2)20(17)26-3)19(23-9-7-22-8-10-23)14-5-4-6-16(21)11-14/h4-6,11-13,19,22H,7-10H2,1-3H3. The number of hydrogen-bond donors (Lipinski definition) is 1. The first kappa shape index (κ1) is 18.8. The van der Waals surface area contributed by atoms with Crippen molar-refractivity contribution in [3.8, 4) is 17.2 Å². The summed E-state index contributed by atoms with van der Waals surface area (Å²) in [7, 11) is 4.89. The summed E-state index contributed by atoms with van der Waals surface area (Å²) in [5.74, 6) is 1.91. The number of halogens is 1. The van der Waals surface area contributed by atoms with E-state index >= 15 is 0 Å². The lowest BCUT2D eigenvalue weighted by atomic mass is 9.95. The molecule has 5 nitrogen and oxygen atoms in total. The molecule has 26 heavy (non-hydrogen) atoms. The molecule has 1 aliphatic rings. The van der Waals surface area contributed by atoms with E-state index in [4.69, 9.17) is 25.8 Å². The number of benzene rings is 2. The number of hydrogen-bond acceptors (Lipinski definition) is 5. The number of piperazine rings is 1. The Labute approximate surface area is 159 Å². The zero-order valence-corrected chi connectivity index (χ0v) is 16.2. The Kier molecular flexibility index (Phi) is 6.25. The first-order chi connectivity index (χ1) is 12.7. The number of methoxy groups -OCH3 is 3. The van der Waals surface area contributed by atoms with E-state index in [0.717, 1.165) is 42.3 Å². The van der Waals surface area contributed by atoms with Crippen molar-refractivity contribution in [1.29, 1.82) is 0 Å². The Morgan fingerprint density at radius 3 is 2.12 bits per heavy atom. The van der Waals surface area contributed by atoms with Crippen molar-refractivity contribution in [2.24, 2.45) is 0 Å². The molecule has 1 N–H and O–H groups in total. The van der Waals surface area contributed by atoms with Gasteiger partial charge in [0, 0.05) is 31.2 Å². The van der Waals surface area contributed by atoms with E-state index < -0.39 is 0 Å². The molecule has 2 aromatic carbocycles. The Balaban J connectivity index is 2.12. The molecule has 6 heteroatoms. The Bertz CT molecular complexity index is 723. The van der Waals surface area contributed by atoms with Crippen LogP contribution in [0.25, 0.3) is 0 Å². The topological polar surface area (TPSA) is 43.0 Å². The van der Waals surface area contributed by atoms with Gasteiger partial charge in [-0.1, -0.05) is 23.7 Å². The van der Waals surface area contributed by atoms with E-state index in [1.165, 1.54) is 0 Å². The molecule has 1 heterocycles. The van der Waals surface area contributed by atoms with Gasteiger partial charge in [-0.15, -0.1) is 0 Å². The molecule has 1 aliphatic heterocycles. The van der Waals surface area contributed by atoms with Gasteiger partial charge >= 0.3 is 0 Å². The molecule has 0 aliphatic carbocycles. The predicted molar refractivity (Wildman–Crippen MR) is 104 cm³/mol. The van der Waals surface area contributed by atoms with Gasteiger partial charge < -0.3 is 19.5 Å². The van der Waals surface area contributed by atoms with E-state index in [2.05, 4.69) is 16.3 Å². The van der Waals surface area contributed by atoms with Crippen LogP contribution in [0.4, 0.5) is 0 Å². The highest BCUT2D eigenvalue weighted by atomic mass is 35.5. The highest BCUT2D eigenvalue weighted by Crippen LogP contribution is 2.42. The molecule has 1 saturated heterocycles. The minimum atomic E-state index is 0.0597. The SMILES string of the molecule is COc1cc(C(c2cccc(Cl)c2)N2CCNCC2)cc(OC)c1OC. The molecule has 1 unspecified atom stereocenters. The second kappa shape index (κ2) is 8.62. The quantitative estimate of drug-likeness (QED) is 0.837. The molecule has 0 spiro atoms. The molecule has 0 saturated carbocycles. The zero-order chi connectivity index (χ0) is 18.5. The first-order valence-corrected chi connectivity index (χ1v) is 9.06. The third-order valence-corrected chi connectivity index (χ3v) is 4.92. The summed E-state index contributed by atoms with van der Waals surface area (Å²) in [6.07, 6.45) is 0. The van der Waals surface area contributed by atoms with Gasteiger partial charge in [0.15, 0.2) is 11.5 Å². The molecule has 3 rings (SSSR count). The van der Waals surface area contributed by atoms with Crippen LogP contribution in [0.5, 0.6) is 17.2 Å². The number of ether oxygens (including phenoxy) is 3. The zero-order valence-electron chi connectivity index (χ0n) is 15.4.